The Bertz CT molecular complexity index is 348. The molecule has 0 bridgehead atoms. The second-order valence-electron chi connectivity index (χ2n) is 4.60. The van der Waals surface area contributed by atoms with E-state index < -0.39 is 0 Å². The lowest BCUT2D eigenvalue weighted by atomic mass is 10.00. The molecule has 0 spiro atoms. The highest BCUT2D eigenvalue weighted by Gasteiger charge is 2.32. The molecule has 1 fully saturated rings. The molecule has 0 aliphatic heterocycles. The molecule has 0 amide bonds. The molecule has 1 aliphatic rings. The molecule has 1 N–H and O–H groups in total. The summed E-state index contributed by atoms with van der Waals surface area (Å²) >= 11 is 9.58. The number of hydrogen-bond acceptors (Lipinski definition) is 1. The number of benzene rings is 1. The molecule has 1 aliphatic carbocycles. The summed E-state index contributed by atoms with van der Waals surface area (Å²) < 4.78 is 1.14. The van der Waals surface area contributed by atoms with Gasteiger partial charge in [0, 0.05) is 22.4 Å². The van der Waals surface area contributed by atoms with E-state index in [0.29, 0.717) is 0 Å². The van der Waals surface area contributed by atoms with Gasteiger partial charge in [0.05, 0.1) is 0 Å². The molecule has 2 rings (SSSR count). The van der Waals surface area contributed by atoms with Gasteiger partial charge in [0.15, 0.2) is 0 Å². The van der Waals surface area contributed by atoms with Crippen LogP contribution in [0.4, 0.5) is 0 Å². The molecule has 1 aromatic rings. The smallest absolute Gasteiger partial charge is 0.0406 e. The molecular formula is C13H17BrClN. The van der Waals surface area contributed by atoms with Gasteiger partial charge in [-0.15, -0.1) is 11.6 Å². The highest BCUT2D eigenvalue weighted by Crippen LogP contribution is 2.31. The minimum Gasteiger partial charge on any atom is -0.306 e. The molecule has 88 valence electrons. The van der Waals surface area contributed by atoms with Crippen LogP contribution >= 0.6 is 27.5 Å². The second kappa shape index (κ2) is 5.52. The molecular weight excluding hydrogens is 286 g/mol. The third-order valence-electron chi connectivity index (χ3n) is 3.37. The average Bonchev–Trinajstić information content (AvgIpc) is 2.76. The van der Waals surface area contributed by atoms with Crippen molar-refractivity contribution >= 4 is 27.5 Å². The topological polar surface area (TPSA) is 12.0 Å². The van der Waals surface area contributed by atoms with Crippen molar-refractivity contribution in [2.75, 3.05) is 5.88 Å². The lowest BCUT2D eigenvalue weighted by molar-refractivity contribution is 0.368. The maximum absolute atomic E-state index is 6.09. The third kappa shape index (κ3) is 2.99. The zero-order valence-electron chi connectivity index (χ0n) is 9.31. The Morgan fingerprint density at radius 1 is 1.31 bits per heavy atom. The van der Waals surface area contributed by atoms with E-state index in [1.54, 1.807) is 0 Å². The van der Waals surface area contributed by atoms with Crippen LogP contribution in [0.25, 0.3) is 0 Å². The third-order valence-corrected chi connectivity index (χ3v) is 4.38. The zero-order valence-corrected chi connectivity index (χ0v) is 11.6. The van der Waals surface area contributed by atoms with Gasteiger partial charge in [-0.3, -0.25) is 0 Å². The largest absolute Gasteiger partial charge is 0.306 e. The molecule has 0 radical (unpaired) electrons. The Morgan fingerprint density at radius 3 is 2.69 bits per heavy atom. The molecule has 3 heteroatoms. The van der Waals surface area contributed by atoms with Crippen molar-refractivity contribution < 1.29 is 0 Å². The summed E-state index contributed by atoms with van der Waals surface area (Å²) in [6.45, 7) is 0.909. The van der Waals surface area contributed by atoms with Crippen LogP contribution in [0, 0.1) is 0 Å². The minimum atomic E-state index is 0.184. The Balaban J connectivity index is 1.95. The fourth-order valence-corrected chi connectivity index (χ4v) is 3.15. The molecule has 0 unspecified atom stereocenters. The number of hydrogen-bond donors (Lipinski definition) is 1. The van der Waals surface area contributed by atoms with Crippen molar-refractivity contribution in [3.05, 3.63) is 34.3 Å². The molecule has 1 saturated carbocycles. The molecule has 1 nitrogen and oxygen atoms in total. The number of rotatable bonds is 4. The van der Waals surface area contributed by atoms with Gasteiger partial charge in [0.25, 0.3) is 0 Å². The number of alkyl halides is 1. The fourth-order valence-electron chi connectivity index (χ4n) is 2.35. The highest BCUT2D eigenvalue weighted by molar-refractivity contribution is 9.10. The summed E-state index contributed by atoms with van der Waals surface area (Å²) in [7, 11) is 0. The Hall–Kier alpha value is -0.0500. The van der Waals surface area contributed by atoms with Gasteiger partial charge in [-0.1, -0.05) is 40.9 Å². The predicted octanol–water partition coefficient (Wildman–Crippen LogP) is 4.09. The molecule has 0 atom stereocenters. The number of nitrogens with one attached hydrogen (secondary N) is 1. The van der Waals surface area contributed by atoms with E-state index >= 15 is 0 Å². The standard InChI is InChI=1S/C13H17BrClN/c14-12-5-3-4-11(8-12)9-16-13(10-15)6-1-2-7-13/h3-5,8,16H,1-2,6-7,9-10H2. The van der Waals surface area contributed by atoms with Crippen LogP contribution in [0.1, 0.15) is 31.2 Å². The summed E-state index contributed by atoms with van der Waals surface area (Å²) in [5, 5.41) is 3.64. The van der Waals surface area contributed by atoms with E-state index in [1.165, 1.54) is 31.2 Å². The lowest BCUT2D eigenvalue weighted by Gasteiger charge is -2.28. The van der Waals surface area contributed by atoms with Crippen LogP contribution in [0.5, 0.6) is 0 Å². The van der Waals surface area contributed by atoms with Gasteiger partial charge in [0.2, 0.25) is 0 Å². The van der Waals surface area contributed by atoms with Gasteiger partial charge < -0.3 is 5.32 Å². The van der Waals surface area contributed by atoms with Crippen molar-refractivity contribution in [1.29, 1.82) is 0 Å². The van der Waals surface area contributed by atoms with Gasteiger partial charge in [-0.2, -0.15) is 0 Å². The summed E-state index contributed by atoms with van der Waals surface area (Å²) in [5.41, 5.74) is 1.50. The van der Waals surface area contributed by atoms with Crippen LogP contribution < -0.4 is 5.32 Å². The van der Waals surface area contributed by atoms with Gasteiger partial charge >= 0.3 is 0 Å². The van der Waals surface area contributed by atoms with E-state index in [9.17, 15) is 0 Å². The normalized spacial score (nSPS) is 18.9. The van der Waals surface area contributed by atoms with Crippen LogP contribution in [0.15, 0.2) is 28.7 Å². The van der Waals surface area contributed by atoms with Crippen molar-refractivity contribution in [2.45, 2.75) is 37.8 Å². The van der Waals surface area contributed by atoms with E-state index in [1.807, 2.05) is 0 Å². The van der Waals surface area contributed by atoms with Crippen molar-refractivity contribution in [3.63, 3.8) is 0 Å². The van der Waals surface area contributed by atoms with Crippen molar-refractivity contribution in [1.82, 2.24) is 5.32 Å². The first kappa shape index (κ1) is 12.4. The van der Waals surface area contributed by atoms with Gasteiger partial charge in [-0.05, 0) is 30.5 Å². The highest BCUT2D eigenvalue weighted by atomic mass is 79.9. The second-order valence-corrected chi connectivity index (χ2v) is 5.79. The first-order valence-electron chi connectivity index (χ1n) is 5.80. The lowest BCUT2D eigenvalue weighted by Crippen LogP contribution is -2.43. The maximum Gasteiger partial charge on any atom is 0.0406 e. The average molecular weight is 303 g/mol. The molecule has 16 heavy (non-hydrogen) atoms. The predicted molar refractivity (Wildman–Crippen MR) is 72.9 cm³/mol. The summed E-state index contributed by atoms with van der Waals surface area (Å²) in [6, 6.07) is 8.43. The molecule has 0 heterocycles. The van der Waals surface area contributed by atoms with Gasteiger partial charge in [-0.25, -0.2) is 0 Å². The van der Waals surface area contributed by atoms with Gasteiger partial charge in [0.1, 0.15) is 0 Å². The zero-order chi connectivity index (χ0) is 11.4. The summed E-state index contributed by atoms with van der Waals surface area (Å²) in [4.78, 5) is 0. The maximum atomic E-state index is 6.09. The van der Waals surface area contributed by atoms with E-state index in [2.05, 4.69) is 45.5 Å². The SMILES string of the molecule is ClCC1(NCc2cccc(Br)c2)CCCC1. The van der Waals surface area contributed by atoms with Crippen LogP contribution in [0.3, 0.4) is 0 Å². The van der Waals surface area contributed by atoms with E-state index in [-0.39, 0.29) is 5.54 Å². The number of halogens is 2. The van der Waals surface area contributed by atoms with Crippen molar-refractivity contribution in [2.24, 2.45) is 0 Å². The molecule has 0 saturated heterocycles. The van der Waals surface area contributed by atoms with E-state index in [4.69, 9.17) is 11.6 Å². The van der Waals surface area contributed by atoms with Crippen LogP contribution in [-0.2, 0) is 6.54 Å². The van der Waals surface area contributed by atoms with E-state index in [0.717, 1.165) is 16.9 Å². The summed E-state index contributed by atoms with van der Waals surface area (Å²) in [6.07, 6.45) is 5.03. The van der Waals surface area contributed by atoms with Crippen LogP contribution in [0.2, 0.25) is 0 Å². The first-order chi connectivity index (χ1) is 7.74. The quantitative estimate of drug-likeness (QED) is 0.826. The Morgan fingerprint density at radius 2 is 2.06 bits per heavy atom. The Kier molecular flexibility index (Phi) is 4.28. The Labute approximate surface area is 111 Å². The monoisotopic (exact) mass is 301 g/mol. The minimum absolute atomic E-state index is 0.184. The molecule has 0 aromatic heterocycles. The van der Waals surface area contributed by atoms with Crippen LogP contribution in [-0.4, -0.2) is 11.4 Å². The summed E-state index contributed by atoms with van der Waals surface area (Å²) in [5.74, 6) is 0.723. The molecule has 1 aromatic carbocycles. The first-order valence-corrected chi connectivity index (χ1v) is 7.12. The fraction of sp³-hybridized carbons (Fsp3) is 0.538. The van der Waals surface area contributed by atoms with Crippen molar-refractivity contribution in [3.8, 4) is 0 Å².